The third kappa shape index (κ3) is 3.01. The van der Waals surface area contributed by atoms with E-state index >= 15 is 0 Å². The van der Waals surface area contributed by atoms with Crippen LogP contribution < -0.4 is 4.90 Å². The second-order valence-corrected chi connectivity index (χ2v) is 9.70. The number of anilines is 2. The summed E-state index contributed by atoms with van der Waals surface area (Å²) in [5.41, 5.74) is 5.60. The highest BCUT2D eigenvalue weighted by atomic mass is 79.9. The number of hydrogen-bond acceptors (Lipinski definition) is 5. The molecule has 172 valence electrons. The van der Waals surface area contributed by atoms with E-state index in [1.165, 1.54) is 12.1 Å². The van der Waals surface area contributed by atoms with Crippen LogP contribution in [0.3, 0.4) is 0 Å². The number of amides is 1. The zero-order valence-electron chi connectivity index (χ0n) is 18.3. The second kappa shape index (κ2) is 7.58. The molecule has 0 saturated heterocycles. The molecule has 9 heteroatoms. The van der Waals surface area contributed by atoms with Gasteiger partial charge >= 0.3 is 0 Å². The number of fused-ring (bicyclic) bond motifs is 6. The fourth-order valence-corrected chi connectivity index (χ4v) is 5.63. The molecule has 1 amide bonds. The molecule has 2 aromatic heterocycles. The van der Waals surface area contributed by atoms with Gasteiger partial charge in [0.25, 0.3) is 0 Å². The van der Waals surface area contributed by atoms with E-state index in [2.05, 4.69) is 31.3 Å². The van der Waals surface area contributed by atoms with Crippen LogP contribution in [0.5, 0.6) is 0 Å². The van der Waals surface area contributed by atoms with E-state index < -0.39 is 0 Å². The molecular weight excluding hydrogens is 513 g/mol. The van der Waals surface area contributed by atoms with Crippen molar-refractivity contribution >= 4 is 44.2 Å². The topological polar surface area (TPSA) is 77.0 Å². The molecule has 0 N–H and O–H groups in total. The number of nitrogens with zero attached hydrogens (tertiary/aromatic N) is 5. The smallest absolute Gasteiger partial charge is 0.239 e. The summed E-state index contributed by atoms with van der Waals surface area (Å²) in [6.45, 7) is 0. The van der Waals surface area contributed by atoms with Crippen LogP contribution in [-0.2, 0) is 11.2 Å². The highest BCUT2D eigenvalue weighted by Crippen LogP contribution is 2.52. The number of rotatable bonds is 4. The average Bonchev–Trinajstić information content (AvgIpc) is 3.54. The van der Waals surface area contributed by atoms with Crippen molar-refractivity contribution < 1.29 is 13.7 Å². The highest BCUT2D eigenvalue weighted by molar-refractivity contribution is 9.10. The first-order valence-corrected chi connectivity index (χ1v) is 12.1. The number of hydrogen-bond donors (Lipinski definition) is 0. The molecule has 0 bridgehead atoms. The monoisotopic (exact) mass is 529 g/mol. The molecular formula is C26H17BrFN5O2. The predicted octanol–water partition coefficient (Wildman–Crippen LogP) is 6.08. The molecule has 4 heterocycles. The van der Waals surface area contributed by atoms with Crippen LogP contribution in [-0.4, -0.2) is 25.8 Å². The number of aryl methyl sites for hydroxylation is 1. The van der Waals surface area contributed by atoms with Crippen LogP contribution in [0.2, 0.25) is 0 Å². The summed E-state index contributed by atoms with van der Waals surface area (Å²) >= 11 is 3.57. The Morgan fingerprint density at radius 2 is 2.00 bits per heavy atom. The third-order valence-corrected chi connectivity index (χ3v) is 7.32. The highest BCUT2D eigenvalue weighted by Gasteiger charge is 2.42. The third-order valence-electron chi connectivity index (χ3n) is 6.83. The fraction of sp³-hybridized carbons (Fsp3) is 0.154. The Bertz CT molecular complexity index is 1660. The maximum absolute atomic E-state index is 13.9. The molecule has 0 aliphatic carbocycles. The van der Waals surface area contributed by atoms with Crippen LogP contribution in [0.25, 0.3) is 28.0 Å². The van der Waals surface area contributed by atoms with Gasteiger partial charge in [0, 0.05) is 21.5 Å². The van der Waals surface area contributed by atoms with Crippen LogP contribution in [0.1, 0.15) is 30.0 Å². The molecule has 2 aliphatic heterocycles. The molecule has 5 aromatic rings. The minimum Gasteiger partial charge on any atom is -0.356 e. The lowest BCUT2D eigenvalue weighted by Crippen LogP contribution is -2.24. The van der Waals surface area contributed by atoms with Crippen molar-refractivity contribution in [3.05, 3.63) is 82.5 Å². The van der Waals surface area contributed by atoms with Gasteiger partial charge in [-0.05, 0) is 61.2 Å². The van der Waals surface area contributed by atoms with Crippen molar-refractivity contribution in [3.63, 3.8) is 0 Å². The minimum atomic E-state index is -0.353. The lowest BCUT2D eigenvalue weighted by atomic mass is 9.93. The molecule has 0 fully saturated rings. The van der Waals surface area contributed by atoms with Gasteiger partial charge in [-0.15, -0.1) is 10.2 Å². The van der Waals surface area contributed by atoms with E-state index in [9.17, 15) is 9.18 Å². The summed E-state index contributed by atoms with van der Waals surface area (Å²) in [6.07, 6.45) is 3.69. The van der Waals surface area contributed by atoms with E-state index in [0.717, 1.165) is 50.2 Å². The van der Waals surface area contributed by atoms with Gasteiger partial charge in [0.2, 0.25) is 5.91 Å². The Kier molecular flexibility index (Phi) is 4.44. The van der Waals surface area contributed by atoms with Gasteiger partial charge in [0.15, 0.2) is 11.4 Å². The number of benzene rings is 3. The SMILES string of the molecule is O=C1C(CCCc2noc3cc(F)ccc23)c2cccc3c2N1c1cc(Br)ccc1-n1cnnc1-3. The average molecular weight is 530 g/mol. The summed E-state index contributed by atoms with van der Waals surface area (Å²) < 4.78 is 21.6. The van der Waals surface area contributed by atoms with E-state index in [-0.39, 0.29) is 17.6 Å². The fourth-order valence-electron chi connectivity index (χ4n) is 5.28. The maximum Gasteiger partial charge on any atom is 0.239 e. The second-order valence-electron chi connectivity index (χ2n) is 8.79. The van der Waals surface area contributed by atoms with Crippen molar-refractivity contribution in [1.82, 2.24) is 19.9 Å². The van der Waals surface area contributed by atoms with Crippen LogP contribution in [0, 0.1) is 5.82 Å². The van der Waals surface area contributed by atoms with Crippen LogP contribution in [0.15, 0.2) is 69.9 Å². The number of carbonyl (C=O) groups excluding carboxylic acids is 1. The molecule has 1 unspecified atom stereocenters. The summed E-state index contributed by atoms with van der Waals surface area (Å²) in [6, 6.07) is 16.3. The number of para-hydroxylation sites is 1. The quantitative estimate of drug-likeness (QED) is 0.282. The minimum absolute atomic E-state index is 0.0394. The van der Waals surface area contributed by atoms with Crippen molar-refractivity contribution in [1.29, 1.82) is 0 Å². The molecule has 0 radical (unpaired) electrons. The van der Waals surface area contributed by atoms with Crippen molar-refractivity contribution in [2.75, 3.05) is 4.90 Å². The van der Waals surface area contributed by atoms with Crippen LogP contribution >= 0.6 is 15.9 Å². The predicted molar refractivity (Wildman–Crippen MR) is 131 cm³/mol. The standard InChI is InChI=1S/C26H17BrFN5O2/c27-14-7-10-21-22(11-14)33-24-16(3-1-5-19(24)25-30-29-13-32(21)25)17(26(33)34)4-2-6-20-18-9-8-15(28)12-23(18)35-31-20/h1,3,5,7-13,17H,2,4,6H2. The zero-order valence-corrected chi connectivity index (χ0v) is 19.9. The molecule has 3 aromatic carbocycles. The van der Waals surface area contributed by atoms with Crippen LogP contribution in [0.4, 0.5) is 15.8 Å². The molecule has 7 nitrogen and oxygen atoms in total. The normalized spacial score (nSPS) is 15.8. The molecule has 0 spiro atoms. The summed E-state index contributed by atoms with van der Waals surface area (Å²) in [5.74, 6) is 0.107. The first-order chi connectivity index (χ1) is 17.1. The van der Waals surface area contributed by atoms with E-state index in [1.807, 2.05) is 45.9 Å². The zero-order chi connectivity index (χ0) is 23.7. The number of carbonyl (C=O) groups is 1. The molecule has 1 atom stereocenters. The van der Waals surface area contributed by atoms with Gasteiger partial charge in [-0.3, -0.25) is 14.3 Å². The first kappa shape index (κ1) is 20.5. The summed E-state index contributed by atoms with van der Waals surface area (Å²) in [4.78, 5) is 15.7. The van der Waals surface area contributed by atoms with Gasteiger partial charge < -0.3 is 4.52 Å². The summed E-state index contributed by atoms with van der Waals surface area (Å²) in [5, 5.41) is 13.5. The van der Waals surface area contributed by atoms with Gasteiger partial charge in [-0.1, -0.05) is 33.2 Å². The Morgan fingerprint density at radius 3 is 2.91 bits per heavy atom. The first-order valence-electron chi connectivity index (χ1n) is 11.3. The van der Waals surface area contributed by atoms with Gasteiger partial charge in [-0.2, -0.15) is 0 Å². The van der Waals surface area contributed by atoms with Crippen molar-refractivity contribution in [3.8, 4) is 17.1 Å². The van der Waals surface area contributed by atoms with Gasteiger partial charge in [-0.25, -0.2) is 4.39 Å². The lowest BCUT2D eigenvalue weighted by molar-refractivity contribution is -0.118. The maximum atomic E-state index is 13.9. The summed E-state index contributed by atoms with van der Waals surface area (Å²) in [7, 11) is 0. The number of halogens is 2. The largest absolute Gasteiger partial charge is 0.356 e. The van der Waals surface area contributed by atoms with Gasteiger partial charge in [0.1, 0.15) is 12.1 Å². The van der Waals surface area contributed by atoms with Crippen molar-refractivity contribution in [2.45, 2.75) is 25.2 Å². The molecule has 7 rings (SSSR count). The van der Waals surface area contributed by atoms with Crippen molar-refractivity contribution in [2.24, 2.45) is 0 Å². The molecule has 0 saturated carbocycles. The Hall–Kier alpha value is -3.85. The Morgan fingerprint density at radius 1 is 1.09 bits per heavy atom. The molecule has 35 heavy (non-hydrogen) atoms. The lowest BCUT2D eigenvalue weighted by Gasteiger charge is -2.20. The van der Waals surface area contributed by atoms with Gasteiger partial charge in [0.05, 0.1) is 28.7 Å². The Labute approximate surface area is 207 Å². The Balaban J connectivity index is 1.27. The van der Waals surface area contributed by atoms with E-state index in [4.69, 9.17) is 4.52 Å². The van der Waals surface area contributed by atoms with E-state index in [0.29, 0.717) is 24.2 Å². The number of aromatic nitrogens is 4. The molecule has 2 aliphatic rings. The van der Waals surface area contributed by atoms with E-state index in [1.54, 1.807) is 12.4 Å².